The highest BCUT2D eigenvalue weighted by Crippen LogP contribution is 2.25. The zero-order valence-corrected chi connectivity index (χ0v) is 19.9. The Morgan fingerprint density at radius 2 is 1.53 bits per heavy atom. The van der Waals surface area contributed by atoms with Gasteiger partial charge in [0.1, 0.15) is 12.6 Å². The predicted octanol–water partition coefficient (Wildman–Crippen LogP) is 7.04. The van der Waals surface area contributed by atoms with Gasteiger partial charge in [-0.3, -0.25) is 0 Å². The third-order valence-electron chi connectivity index (χ3n) is 6.71. The van der Waals surface area contributed by atoms with Crippen LogP contribution in [-0.4, -0.2) is 36.7 Å². The number of likely N-dealkylation sites (N-methyl/N-ethyl adjacent to an activating group) is 1. The minimum atomic E-state index is -0.0766. The van der Waals surface area contributed by atoms with Gasteiger partial charge in [0.2, 0.25) is 0 Å². The number of unbranched alkanes of at least 4 members (excludes halogenated alkanes) is 7. The molecule has 0 aromatic heterocycles. The molecule has 3 heteroatoms. The monoisotopic (exact) mass is 416 g/mol. The Labute approximate surface area is 185 Å². The molecular weight excluding hydrogens is 370 g/mol. The summed E-state index contributed by atoms with van der Waals surface area (Å²) in [5.74, 6) is 0.0331. The maximum Gasteiger partial charge on any atom is 0.365 e. The number of ether oxygens (including phenoxy) is 1. The smallest absolute Gasteiger partial charge is 0.365 e. The van der Waals surface area contributed by atoms with Gasteiger partial charge in [-0.2, -0.15) is 0 Å². The highest BCUT2D eigenvalue weighted by molar-refractivity contribution is 5.74. The van der Waals surface area contributed by atoms with Gasteiger partial charge in [0.25, 0.3) is 0 Å². The van der Waals surface area contributed by atoms with Crippen LogP contribution in [0.4, 0.5) is 0 Å². The standard InChI is InChI=1S/C27H46NO2/c1-4-5-6-7-8-9-10-17-22-26(27(29)30-25-20-15-12-16-21-25)28(2,3)23-24-18-13-11-14-19-24/h11,13-14,18-19,25-26H,4-10,12,15-17,20-23H2,1-3H3/q+1/t26-/m0/s1. The molecule has 0 amide bonds. The number of quaternary nitrogens is 1. The Balaban J connectivity index is 1.90. The molecule has 0 radical (unpaired) electrons. The summed E-state index contributed by atoms with van der Waals surface area (Å²) in [7, 11) is 4.40. The maximum atomic E-state index is 13.2. The summed E-state index contributed by atoms with van der Waals surface area (Å²) < 4.78 is 6.72. The van der Waals surface area contributed by atoms with Crippen molar-refractivity contribution in [1.82, 2.24) is 0 Å². The number of hydrogen-bond acceptors (Lipinski definition) is 2. The number of rotatable bonds is 14. The van der Waals surface area contributed by atoms with Crippen LogP contribution in [0.2, 0.25) is 0 Å². The van der Waals surface area contributed by atoms with Crippen molar-refractivity contribution in [2.45, 2.75) is 116 Å². The van der Waals surface area contributed by atoms with Crippen LogP contribution in [-0.2, 0) is 16.1 Å². The van der Waals surface area contributed by atoms with Gasteiger partial charge in [0.05, 0.1) is 14.1 Å². The molecule has 2 rings (SSSR count). The third kappa shape index (κ3) is 9.20. The maximum absolute atomic E-state index is 13.2. The SMILES string of the molecule is CCCCCCCCCC[C@@H](C(=O)OC1CCCCC1)[N+](C)(C)Cc1ccccc1. The molecule has 1 aliphatic rings. The van der Waals surface area contributed by atoms with Crippen molar-refractivity contribution in [2.24, 2.45) is 0 Å². The van der Waals surface area contributed by atoms with Crippen molar-refractivity contribution in [3.8, 4) is 0 Å². The summed E-state index contributed by atoms with van der Waals surface area (Å²) in [6.45, 7) is 3.13. The average Bonchev–Trinajstić information content (AvgIpc) is 2.73. The van der Waals surface area contributed by atoms with Gasteiger partial charge in [-0.1, -0.05) is 88.6 Å². The van der Waals surface area contributed by atoms with E-state index in [0.29, 0.717) is 4.48 Å². The van der Waals surface area contributed by atoms with Crippen molar-refractivity contribution in [3.63, 3.8) is 0 Å². The van der Waals surface area contributed by atoms with E-state index in [-0.39, 0.29) is 18.1 Å². The molecule has 0 N–H and O–H groups in total. The van der Waals surface area contributed by atoms with Crippen LogP contribution in [0, 0.1) is 0 Å². The van der Waals surface area contributed by atoms with E-state index < -0.39 is 0 Å². The molecule has 0 heterocycles. The van der Waals surface area contributed by atoms with E-state index in [9.17, 15) is 4.79 Å². The Bertz CT molecular complexity index is 578. The van der Waals surface area contributed by atoms with E-state index in [1.54, 1.807) is 0 Å². The lowest BCUT2D eigenvalue weighted by Gasteiger charge is -2.37. The molecular formula is C27H46NO2+. The molecule has 1 aliphatic carbocycles. The number of carbonyl (C=O) groups is 1. The second-order valence-electron chi connectivity index (χ2n) is 9.90. The zero-order valence-electron chi connectivity index (χ0n) is 19.9. The van der Waals surface area contributed by atoms with Gasteiger partial charge >= 0.3 is 5.97 Å². The van der Waals surface area contributed by atoms with Gasteiger partial charge in [0.15, 0.2) is 6.04 Å². The first-order chi connectivity index (χ1) is 14.5. The molecule has 0 spiro atoms. The quantitative estimate of drug-likeness (QED) is 0.185. The number of carbonyl (C=O) groups excluding carboxylic acids is 1. The first-order valence-corrected chi connectivity index (χ1v) is 12.6. The molecule has 1 atom stereocenters. The first kappa shape index (κ1) is 24.9. The van der Waals surface area contributed by atoms with Crippen LogP contribution in [0.5, 0.6) is 0 Å². The number of hydrogen-bond donors (Lipinski definition) is 0. The molecule has 1 saturated carbocycles. The summed E-state index contributed by atoms with van der Waals surface area (Å²) in [5.41, 5.74) is 1.29. The van der Waals surface area contributed by atoms with Crippen LogP contribution in [0.1, 0.15) is 102 Å². The van der Waals surface area contributed by atoms with Gasteiger partial charge in [0, 0.05) is 12.0 Å². The molecule has 3 nitrogen and oxygen atoms in total. The second kappa shape index (κ2) is 13.9. The Morgan fingerprint density at radius 1 is 0.933 bits per heavy atom. The van der Waals surface area contributed by atoms with Gasteiger partial charge in [-0.05, 0) is 32.1 Å². The van der Waals surface area contributed by atoms with Crippen molar-refractivity contribution >= 4 is 5.97 Å². The van der Waals surface area contributed by atoms with Crippen LogP contribution >= 0.6 is 0 Å². The van der Waals surface area contributed by atoms with Gasteiger partial charge in [-0.15, -0.1) is 0 Å². The molecule has 0 saturated heterocycles. The van der Waals surface area contributed by atoms with Crippen LogP contribution in [0.3, 0.4) is 0 Å². The minimum Gasteiger partial charge on any atom is -0.458 e. The fourth-order valence-electron chi connectivity index (χ4n) is 4.81. The molecule has 170 valence electrons. The van der Waals surface area contributed by atoms with Crippen molar-refractivity contribution in [3.05, 3.63) is 35.9 Å². The highest BCUT2D eigenvalue weighted by atomic mass is 16.5. The lowest BCUT2D eigenvalue weighted by Crippen LogP contribution is -2.53. The molecule has 1 fully saturated rings. The summed E-state index contributed by atoms with van der Waals surface area (Å²) in [6.07, 6.45) is 17.2. The van der Waals surface area contributed by atoms with E-state index in [2.05, 4.69) is 51.4 Å². The van der Waals surface area contributed by atoms with E-state index >= 15 is 0 Å². The normalized spacial score (nSPS) is 16.4. The largest absolute Gasteiger partial charge is 0.458 e. The average molecular weight is 417 g/mol. The summed E-state index contributed by atoms with van der Waals surface area (Å²) >= 11 is 0. The van der Waals surface area contributed by atoms with Crippen molar-refractivity contribution < 1.29 is 14.0 Å². The highest BCUT2D eigenvalue weighted by Gasteiger charge is 2.37. The summed E-state index contributed by atoms with van der Waals surface area (Å²) in [5, 5.41) is 0. The second-order valence-corrected chi connectivity index (χ2v) is 9.90. The molecule has 30 heavy (non-hydrogen) atoms. The van der Waals surface area contributed by atoms with Crippen LogP contribution < -0.4 is 0 Å². The Kier molecular flexibility index (Phi) is 11.5. The number of esters is 1. The Hall–Kier alpha value is -1.35. The summed E-state index contributed by atoms with van der Waals surface area (Å²) in [4.78, 5) is 13.2. The van der Waals surface area contributed by atoms with Crippen LogP contribution in [0.25, 0.3) is 0 Å². The topological polar surface area (TPSA) is 26.3 Å². The predicted molar refractivity (Wildman–Crippen MR) is 126 cm³/mol. The van der Waals surface area contributed by atoms with Crippen molar-refractivity contribution in [2.75, 3.05) is 14.1 Å². The fourth-order valence-corrected chi connectivity index (χ4v) is 4.81. The Morgan fingerprint density at radius 3 is 2.17 bits per heavy atom. The van der Waals surface area contributed by atoms with E-state index in [1.807, 2.05) is 0 Å². The minimum absolute atomic E-state index is 0.0331. The zero-order chi connectivity index (χ0) is 21.7. The molecule has 0 aliphatic heterocycles. The molecule has 0 bridgehead atoms. The molecule has 0 unspecified atom stereocenters. The summed E-state index contributed by atoms with van der Waals surface area (Å²) in [6, 6.07) is 10.5. The molecule has 1 aromatic rings. The number of benzene rings is 1. The van der Waals surface area contributed by atoms with E-state index in [0.717, 1.165) is 32.2 Å². The van der Waals surface area contributed by atoms with Crippen molar-refractivity contribution in [1.29, 1.82) is 0 Å². The van der Waals surface area contributed by atoms with Gasteiger partial charge in [-0.25, -0.2) is 4.79 Å². The lowest BCUT2D eigenvalue weighted by molar-refractivity contribution is -0.920. The van der Waals surface area contributed by atoms with E-state index in [4.69, 9.17) is 4.74 Å². The fraction of sp³-hybridized carbons (Fsp3) is 0.741. The first-order valence-electron chi connectivity index (χ1n) is 12.6. The van der Waals surface area contributed by atoms with Crippen LogP contribution in [0.15, 0.2) is 30.3 Å². The molecule has 1 aromatic carbocycles. The van der Waals surface area contributed by atoms with Gasteiger partial charge < -0.3 is 9.22 Å². The number of nitrogens with zero attached hydrogens (tertiary/aromatic N) is 1. The third-order valence-corrected chi connectivity index (χ3v) is 6.71. The van der Waals surface area contributed by atoms with E-state index in [1.165, 1.54) is 69.8 Å². The lowest BCUT2D eigenvalue weighted by atomic mass is 9.97.